The Balaban J connectivity index is 2.33. The molecule has 19 heavy (non-hydrogen) atoms. The van der Waals surface area contributed by atoms with E-state index < -0.39 is 17.1 Å². The van der Waals surface area contributed by atoms with Gasteiger partial charge in [-0.3, -0.25) is 4.79 Å². The highest BCUT2D eigenvalue weighted by Gasteiger charge is 2.14. The standard InChI is InChI=1S/C15H8F2O2/c16-10-6-7-12-14(15(10)17)11(18)8-13(19-12)9-4-2-1-3-5-9/h1-8H. The van der Waals surface area contributed by atoms with Crippen LogP contribution in [-0.2, 0) is 0 Å². The molecule has 4 heteroatoms. The van der Waals surface area contributed by atoms with Crippen LogP contribution in [0.5, 0.6) is 0 Å². The van der Waals surface area contributed by atoms with Gasteiger partial charge in [0.2, 0.25) is 0 Å². The molecule has 0 aliphatic rings. The topological polar surface area (TPSA) is 30.2 Å². The Hall–Kier alpha value is -2.49. The smallest absolute Gasteiger partial charge is 0.196 e. The first-order chi connectivity index (χ1) is 9.16. The summed E-state index contributed by atoms with van der Waals surface area (Å²) in [5.41, 5.74) is 0.133. The van der Waals surface area contributed by atoms with Crippen LogP contribution in [0.2, 0.25) is 0 Å². The summed E-state index contributed by atoms with van der Waals surface area (Å²) in [5, 5.41) is -0.361. The lowest BCUT2D eigenvalue weighted by molar-refractivity contribution is 0.512. The minimum absolute atomic E-state index is 0.0326. The molecular weight excluding hydrogens is 250 g/mol. The first-order valence-corrected chi connectivity index (χ1v) is 5.64. The molecule has 2 nitrogen and oxygen atoms in total. The van der Waals surface area contributed by atoms with Crippen LogP contribution >= 0.6 is 0 Å². The lowest BCUT2D eigenvalue weighted by Gasteiger charge is -2.04. The van der Waals surface area contributed by atoms with Crippen LogP contribution in [0.25, 0.3) is 22.3 Å². The molecule has 0 radical (unpaired) electrons. The first kappa shape index (κ1) is 11.6. The molecule has 1 aromatic heterocycles. The molecule has 3 rings (SSSR count). The van der Waals surface area contributed by atoms with Gasteiger partial charge in [-0.15, -0.1) is 0 Å². The molecule has 0 atom stereocenters. The maximum absolute atomic E-state index is 13.6. The second-order valence-corrected chi connectivity index (χ2v) is 4.08. The molecule has 94 valence electrons. The maximum atomic E-state index is 13.6. The third kappa shape index (κ3) is 1.91. The molecule has 0 fully saturated rings. The minimum atomic E-state index is -1.18. The zero-order valence-corrected chi connectivity index (χ0v) is 9.69. The van der Waals surface area contributed by atoms with E-state index in [2.05, 4.69) is 0 Å². The van der Waals surface area contributed by atoms with E-state index in [1.165, 1.54) is 12.1 Å². The van der Waals surface area contributed by atoms with Crippen LogP contribution in [0, 0.1) is 11.6 Å². The highest BCUT2D eigenvalue weighted by atomic mass is 19.2. The number of rotatable bonds is 1. The average molecular weight is 258 g/mol. The van der Waals surface area contributed by atoms with Crippen LogP contribution in [0.4, 0.5) is 8.78 Å². The Labute approximate surface area is 106 Å². The fourth-order valence-electron chi connectivity index (χ4n) is 1.93. The van der Waals surface area contributed by atoms with Gasteiger partial charge in [-0.05, 0) is 12.1 Å². The zero-order valence-electron chi connectivity index (χ0n) is 9.69. The highest BCUT2D eigenvalue weighted by molar-refractivity contribution is 5.79. The van der Waals surface area contributed by atoms with E-state index in [0.717, 1.165) is 6.07 Å². The highest BCUT2D eigenvalue weighted by Crippen LogP contribution is 2.24. The predicted molar refractivity (Wildman–Crippen MR) is 67.8 cm³/mol. The molecule has 0 aliphatic heterocycles. The molecule has 0 spiro atoms. The second-order valence-electron chi connectivity index (χ2n) is 4.08. The summed E-state index contributed by atoms with van der Waals surface area (Å²) in [4.78, 5) is 11.9. The summed E-state index contributed by atoms with van der Waals surface area (Å²) < 4.78 is 32.1. The van der Waals surface area contributed by atoms with Crippen molar-refractivity contribution < 1.29 is 13.2 Å². The molecule has 0 saturated carbocycles. The molecular formula is C15H8F2O2. The van der Waals surface area contributed by atoms with Gasteiger partial charge < -0.3 is 4.42 Å². The van der Waals surface area contributed by atoms with Crippen molar-refractivity contribution in [3.05, 3.63) is 70.4 Å². The molecule has 0 amide bonds. The fraction of sp³-hybridized carbons (Fsp3) is 0. The molecule has 3 aromatic rings. The van der Waals surface area contributed by atoms with E-state index in [4.69, 9.17) is 4.42 Å². The van der Waals surface area contributed by atoms with Crippen molar-refractivity contribution in [2.75, 3.05) is 0 Å². The van der Waals surface area contributed by atoms with Crippen molar-refractivity contribution in [2.24, 2.45) is 0 Å². The molecule has 0 unspecified atom stereocenters. The van der Waals surface area contributed by atoms with Gasteiger partial charge >= 0.3 is 0 Å². The van der Waals surface area contributed by atoms with Crippen LogP contribution in [-0.4, -0.2) is 0 Å². The van der Waals surface area contributed by atoms with E-state index >= 15 is 0 Å². The summed E-state index contributed by atoms with van der Waals surface area (Å²) in [5.74, 6) is -1.91. The van der Waals surface area contributed by atoms with Crippen molar-refractivity contribution in [1.82, 2.24) is 0 Å². The summed E-state index contributed by atoms with van der Waals surface area (Å²) in [6.45, 7) is 0. The van der Waals surface area contributed by atoms with Crippen LogP contribution in [0.15, 0.2) is 57.7 Å². The Bertz CT molecular complexity index is 807. The lowest BCUT2D eigenvalue weighted by Crippen LogP contribution is -2.04. The second kappa shape index (κ2) is 4.31. The molecule has 2 aromatic carbocycles. The Morgan fingerprint density at radius 1 is 0.947 bits per heavy atom. The molecule has 0 bridgehead atoms. The number of hydrogen-bond acceptors (Lipinski definition) is 2. The van der Waals surface area contributed by atoms with E-state index in [1.54, 1.807) is 24.3 Å². The van der Waals surface area contributed by atoms with Crippen LogP contribution < -0.4 is 5.43 Å². The van der Waals surface area contributed by atoms with Gasteiger partial charge in [-0.2, -0.15) is 0 Å². The van der Waals surface area contributed by atoms with Crippen LogP contribution in [0.1, 0.15) is 0 Å². The maximum Gasteiger partial charge on any atom is 0.196 e. The van der Waals surface area contributed by atoms with Gasteiger partial charge in [0.15, 0.2) is 17.1 Å². The molecule has 1 heterocycles. The number of hydrogen-bond donors (Lipinski definition) is 0. The number of benzene rings is 2. The molecule has 0 aliphatic carbocycles. The van der Waals surface area contributed by atoms with E-state index in [0.29, 0.717) is 11.3 Å². The average Bonchev–Trinajstić information content (AvgIpc) is 2.43. The van der Waals surface area contributed by atoms with Crippen molar-refractivity contribution in [2.45, 2.75) is 0 Å². The zero-order chi connectivity index (χ0) is 13.4. The lowest BCUT2D eigenvalue weighted by atomic mass is 10.1. The van der Waals surface area contributed by atoms with Gasteiger partial charge in [0.1, 0.15) is 16.7 Å². The fourth-order valence-corrected chi connectivity index (χ4v) is 1.93. The summed E-state index contributed by atoms with van der Waals surface area (Å²) in [7, 11) is 0. The van der Waals surface area contributed by atoms with Gasteiger partial charge in [0.25, 0.3) is 0 Å². The van der Waals surface area contributed by atoms with Crippen molar-refractivity contribution in [3.8, 4) is 11.3 Å². The Kier molecular flexibility index (Phi) is 2.63. The summed E-state index contributed by atoms with van der Waals surface area (Å²) >= 11 is 0. The first-order valence-electron chi connectivity index (χ1n) is 5.64. The third-order valence-corrected chi connectivity index (χ3v) is 2.84. The SMILES string of the molecule is O=c1cc(-c2ccccc2)oc2ccc(F)c(F)c12. The summed E-state index contributed by atoms with van der Waals surface area (Å²) in [6, 6.07) is 12.3. The number of fused-ring (bicyclic) bond motifs is 1. The Morgan fingerprint density at radius 2 is 1.68 bits per heavy atom. The monoisotopic (exact) mass is 258 g/mol. The molecule has 0 N–H and O–H groups in total. The van der Waals surface area contributed by atoms with Crippen molar-refractivity contribution in [1.29, 1.82) is 0 Å². The van der Waals surface area contributed by atoms with Crippen LogP contribution in [0.3, 0.4) is 0 Å². The van der Waals surface area contributed by atoms with E-state index in [-0.39, 0.29) is 11.0 Å². The predicted octanol–water partition coefficient (Wildman–Crippen LogP) is 3.74. The Morgan fingerprint density at radius 3 is 2.42 bits per heavy atom. The third-order valence-electron chi connectivity index (χ3n) is 2.84. The van der Waals surface area contributed by atoms with Crippen molar-refractivity contribution >= 4 is 11.0 Å². The van der Waals surface area contributed by atoms with Crippen molar-refractivity contribution in [3.63, 3.8) is 0 Å². The normalized spacial score (nSPS) is 10.8. The van der Waals surface area contributed by atoms with Gasteiger partial charge in [-0.25, -0.2) is 8.78 Å². The summed E-state index contributed by atoms with van der Waals surface area (Å²) in [6.07, 6.45) is 0. The number of halogens is 2. The van der Waals surface area contributed by atoms with Gasteiger partial charge in [0, 0.05) is 11.6 Å². The quantitative estimate of drug-likeness (QED) is 0.665. The molecule has 0 saturated heterocycles. The minimum Gasteiger partial charge on any atom is -0.456 e. The largest absolute Gasteiger partial charge is 0.456 e. The van der Waals surface area contributed by atoms with Gasteiger partial charge in [-0.1, -0.05) is 30.3 Å². The van der Waals surface area contributed by atoms with E-state index in [9.17, 15) is 13.6 Å². The van der Waals surface area contributed by atoms with Gasteiger partial charge in [0.05, 0.1) is 0 Å². The van der Waals surface area contributed by atoms with E-state index in [1.807, 2.05) is 6.07 Å².